The van der Waals surface area contributed by atoms with Crippen LogP contribution in [0.4, 0.5) is 24.5 Å². The van der Waals surface area contributed by atoms with Gasteiger partial charge >= 0.3 is 12.1 Å². The summed E-state index contributed by atoms with van der Waals surface area (Å²) in [6.07, 6.45) is -6.03. The minimum atomic E-state index is -4.75. The van der Waals surface area contributed by atoms with Crippen LogP contribution < -0.4 is 15.4 Å². The van der Waals surface area contributed by atoms with Crippen LogP contribution in [0, 0.1) is 0 Å². The van der Waals surface area contributed by atoms with E-state index in [1.165, 1.54) is 36.8 Å². The van der Waals surface area contributed by atoms with Crippen LogP contribution in [0.2, 0.25) is 0 Å². The first kappa shape index (κ1) is 25.8. The van der Waals surface area contributed by atoms with Crippen LogP contribution >= 0.6 is 0 Å². The van der Waals surface area contributed by atoms with E-state index in [1.807, 2.05) is 0 Å². The first-order valence-electron chi connectivity index (χ1n) is 9.33. The molecular weight excluding hydrogens is 467 g/mol. The minimum absolute atomic E-state index is 0.264. The molecule has 0 heterocycles. The smallest absolute Gasteiger partial charge is 0.402 e. The van der Waals surface area contributed by atoms with E-state index in [0.717, 1.165) is 18.2 Å². The van der Waals surface area contributed by atoms with Gasteiger partial charge in [-0.25, -0.2) is 17.9 Å². The van der Waals surface area contributed by atoms with E-state index in [0.29, 0.717) is 11.4 Å². The number of benzene rings is 2. The van der Waals surface area contributed by atoms with Gasteiger partial charge in [-0.3, -0.25) is 9.59 Å². The van der Waals surface area contributed by atoms with Crippen molar-refractivity contribution >= 4 is 39.2 Å². The number of hydrogen-bond acceptors (Lipinski definition) is 6. The predicted molar refractivity (Wildman–Crippen MR) is 112 cm³/mol. The van der Waals surface area contributed by atoms with Gasteiger partial charge in [0.1, 0.15) is 6.54 Å². The Balaban J connectivity index is 2.02. The van der Waals surface area contributed by atoms with E-state index in [1.54, 1.807) is 12.1 Å². The number of amides is 2. The van der Waals surface area contributed by atoms with Crippen LogP contribution in [0.25, 0.3) is 0 Å². The Hall–Kier alpha value is -3.45. The van der Waals surface area contributed by atoms with Crippen LogP contribution in [0.5, 0.6) is 0 Å². The van der Waals surface area contributed by atoms with Crippen LogP contribution in [0.3, 0.4) is 0 Å². The normalized spacial score (nSPS) is 12.5. The van der Waals surface area contributed by atoms with E-state index in [-0.39, 0.29) is 11.5 Å². The molecule has 9 nitrogen and oxygen atoms in total. The summed E-state index contributed by atoms with van der Waals surface area (Å²) in [6, 6.07) is 10.3. The average Bonchev–Trinajstić information content (AvgIpc) is 2.73. The molecule has 178 valence electrons. The fourth-order valence-electron chi connectivity index (χ4n) is 2.42. The number of esters is 1. The van der Waals surface area contributed by atoms with Crippen molar-refractivity contribution in [1.82, 2.24) is 4.72 Å². The third-order valence-corrected chi connectivity index (χ3v) is 5.37. The first-order chi connectivity index (χ1) is 15.3. The number of sulfonamides is 1. The maximum absolute atomic E-state index is 12.3. The van der Waals surface area contributed by atoms with E-state index in [2.05, 4.69) is 10.6 Å². The van der Waals surface area contributed by atoms with Gasteiger partial charge in [-0.05, 0) is 49.4 Å². The van der Waals surface area contributed by atoms with Gasteiger partial charge in [0, 0.05) is 18.3 Å². The van der Waals surface area contributed by atoms with Crippen molar-refractivity contribution in [2.24, 2.45) is 0 Å². The SMILES string of the molecule is CC(=O)Nc1ccc(NC(=O)C(C)OC(=O)c2cccc(S(=O)(=O)NCC(F)(F)F)c2)cc1. The van der Waals surface area contributed by atoms with Crippen molar-refractivity contribution in [2.75, 3.05) is 17.2 Å². The van der Waals surface area contributed by atoms with Crippen LogP contribution in [-0.4, -0.2) is 45.0 Å². The zero-order valence-corrected chi connectivity index (χ0v) is 18.2. The molecule has 1 atom stereocenters. The molecule has 0 aromatic heterocycles. The molecular formula is C20H20F3N3O6S. The summed E-state index contributed by atoms with van der Waals surface area (Å²) in [5.74, 6) is -2.00. The van der Waals surface area contributed by atoms with Gasteiger partial charge in [-0.2, -0.15) is 13.2 Å². The fraction of sp³-hybridized carbons (Fsp3) is 0.250. The topological polar surface area (TPSA) is 131 Å². The predicted octanol–water partition coefficient (Wildman–Crippen LogP) is 2.67. The molecule has 3 N–H and O–H groups in total. The van der Waals surface area contributed by atoms with E-state index < -0.39 is 45.6 Å². The lowest BCUT2D eigenvalue weighted by molar-refractivity contribution is -0.124. The van der Waals surface area contributed by atoms with Crippen LogP contribution in [-0.2, 0) is 24.3 Å². The van der Waals surface area contributed by atoms with Gasteiger partial charge in [-0.15, -0.1) is 0 Å². The summed E-state index contributed by atoms with van der Waals surface area (Å²) < 4.78 is 67.4. The summed E-state index contributed by atoms with van der Waals surface area (Å²) >= 11 is 0. The van der Waals surface area contributed by atoms with Gasteiger partial charge < -0.3 is 15.4 Å². The number of halogens is 3. The Morgan fingerprint density at radius 2 is 1.58 bits per heavy atom. The molecule has 0 aliphatic heterocycles. The quantitative estimate of drug-likeness (QED) is 0.491. The molecule has 2 amide bonds. The Labute approximate surface area is 187 Å². The molecule has 0 spiro atoms. The molecule has 2 aromatic rings. The molecule has 0 radical (unpaired) electrons. The van der Waals surface area contributed by atoms with E-state index in [4.69, 9.17) is 4.74 Å². The lowest BCUT2D eigenvalue weighted by Gasteiger charge is -2.14. The van der Waals surface area contributed by atoms with Crippen molar-refractivity contribution in [3.63, 3.8) is 0 Å². The highest BCUT2D eigenvalue weighted by Gasteiger charge is 2.30. The van der Waals surface area contributed by atoms with Crippen LogP contribution in [0.1, 0.15) is 24.2 Å². The van der Waals surface area contributed by atoms with Gasteiger partial charge in [0.05, 0.1) is 10.5 Å². The number of anilines is 2. The molecule has 0 aliphatic rings. The Morgan fingerprint density at radius 1 is 1.00 bits per heavy atom. The molecule has 33 heavy (non-hydrogen) atoms. The highest BCUT2D eigenvalue weighted by atomic mass is 32.2. The maximum Gasteiger partial charge on any atom is 0.402 e. The fourth-order valence-corrected chi connectivity index (χ4v) is 3.48. The molecule has 2 aromatic carbocycles. The second kappa shape index (κ2) is 10.4. The molecule has 0 fully saturated rings. The molecule has 0 saturated carbocycles. The lowest BCUT2D eigenvalue weighted by atomic mass is 10.2. The maximum atomic E-state index is 12.3. The van der Waals surface area contributed by atoms with Gasteiger partial charge in [0.15, 0.2) is 6.10 Å². The number of nitrogens with one attached hydrogen (secondary N) is 3. The van der Waals surface area contributed by atoms with Crippen molar-refractivity contribution in [1.29, 1.82) is 0 Å². The van der Waals surface area contributed by atoms with Crippen molar-refractivity contribution in [2.45, 2.75) is 31.0 Å². The summed E-state index contributed by atoms with van der Waals surface area (Å²) in [4.78, 5) is 35.0. The summed E-state index contributed by atoms with van der Waals surface area (Å²) in [6.45, 7) is 0.854. The summed E-state index contributed by atoms with van der Waals surface area (Å²) in [5, 5.41) is 5.06. The number of rotatable bonds is 8. The third-order valence-electron chi connectivity index (χ3n) is 3.97. The lowest BCUT2D eigenvalue weighted by Crippen LogP contribution is -2.34. The molecule has 13 heteroatoms. The molecule has 0 aliphatic carbocycles. The first-order valence-corrected chi connectivity index (χ1v) is 10.8. The minimum Gasteiger partial charge on any atom is -0.449 e. The summed E-state index contributed by atoms with van der Waals surface area (Å²) in [7, 11) is -4.53. The molecule has 1 unspecified atom stereocenters. The number of alkyl halides is 3. The Kier molecular flexibility index (Phi) is 8.17. The average molecular weight is 487 g/mol. The number of ether oxygens (including phenoxy) is 1. The number of carbonyl (C=O) groups is 3. The zero-order valence-electron chi connectivity index (χ0n) is 17.4. The van der Waals surface area contributed by atoms with Gasteiger partial charge in [0.25, 0.3) is 5.91 Å². The standard InChI is InChI=1S/C20H20F3N3O6S/c1-12(18(28)26-16-8-6-15(7-9-16)25-13(2)27)32-19(29)14-4-3-5-17(10-14)33(30,31)24-11-20(21,22)23/h3-10,12,24H,11H2,1-2H3,(H,25,27)(H,26,28). The van der Waals surface area contributed by atoms with Gasteiger partial charge in [0.2, 0.25) is 15.9 Å². The van der Waals surface area contributed by atoms with Crippen molar-refractivity contribution < 1.29 is 40.7 Å². The van der Waals surface area contributed by atoms with Gasteiger partial charge in [-0.1, -0.05) is 6.07 Å². The molecule has 2 rings (SSSR count). The summed E-state index contributed by atoms with van der Waals surface area (Å²) in [5.41, 5.74) is 0.601. The Morgan fingerprint density at radius 3 is 2.12 bits per heavy atom. The molecule has 0 bridgehead atoms. The van der Waals surface area contributed by atoms with Crippen LogP contribution in [0.15, 0.2) is 53.4 Å². The second-order valence-electron chi connectivity index (χ2n) is 6.76. The van der Waals surface area contributed by atoms with Crippen molar-refractivity contribution in [3.05, 3.63) is 54.1 Å². The van der Waals surface area contributed by atoms with E-state index in [9.17, 15) is 36.0 Å². The number of carbonyl (C=O) groups excluding carboxylic acids is 3. The highest BCUT2D eigenvalue weighted by Crippen LogP contribution is 2.18. The molecule has 0 saturated heterocycles. The second-order valence-corrected chi connectivity index (χ2v) is 8.53. The zero-order chi connectivity index (χ0) is 24.8. The Bertz CT molecular complexity index is 1130. The van der Waals surface area contributed by atoms with E-state index >= 15 is 0 Å². The van der Waals surface area contributed by atoms with Crippen molar-refractivity contribution in [3.8, 4) is 0 Å². The number of hydrogen-bond donors (Lipinski definition) is 3. The highest BCUT2D eigenvalue weighted by molar-refractivity contribution is 7.89. The largest absolute Gasteiger partial charge is 0.449 e. The monoisotopic (exact) mass is 487 g/mol. The third kappa shape index (κ3) is 8.20.